The summed E-state index contributed by atoms with van der Waals surface area (Å²) in [5.41, 5.74) is 0.212. The zero-order chi connectivity index (χ0) is 15.3. The van der Waals surface area contributed by atoms with Crippen molar-refractivity contribution in [1.29, 1.82) is 0 Å². The first-order valence-corrected chi connectivity index (χ1v) is 5.79. The summed E-state index contributed by atoms with van der Waals surface area (Å²) in [4.78, 5) is 38.8. The molecule has 1 aromatic rings. The van der Waals surface area contributed by atoms with Crippen molar-refractivity contribution in [2.75, 3.05) is 19.4 Å². The molecule has 0 aliphatic carbocycles. The summed E-state index contributed by atoms with van der Waals surface area (Å²) >= 11 is 0. The topological polar surface area (TPSA) is 112 Å². The molecule has 108 valence electrons. The van der Waals surface area contributed by atoms with Gasteiger partial charge >= 0.3 is 12.0 Å². The highest BCUT2D eigenvalue weighted by molar-refractivity contribution is 5.93. The summed E-state index contributed by atoms with van der Waals surface area (Å²) in [7, 11) is 3.18. The smallest absolute Gasteiger partial charge is 0.354 e. The lowest BCUT2D eigenvalue weighted by molar-refractivity contribution is -0.130. The van der Waals surface area contributed by atoms with Crippen LogP contribution in [0.3, 0.4) is 0 Å². The maximum absolute atomic E-state index is 11.6. The highest BCUT2D eigenvalue weighted by Gasteiger charge is 2.17. The number of nitrogens with zero attached hydrogens (tertiary/aromatic N) is 2. The average molecular weight is 280 g/mol. The summed E-state index contributed by atoms with van der Waals surface area (Å²) < 4.78 is 0. The van der Waals surface area contributed by atoms with E-state index < -0.39 is 18.0 Å². The molecule has 8 heteroatoms. The molecule has 0 aromatic carbocycles. The first-order chi connectivity index (χ1) is 9.31. The highest BCUT2D eigenvalue weighted by atomic mass is 16.4. The number of anilines is 1. The third-order valence-electron chi connectivity index (χ3n) is 2.40. The van der Waals surface area contributed by atoms with E-state index in [-0.39, 0.29) is 11.6 Å². The summed E-state index contributed by atoms with van der Waals surface area (Å²) in [5, 5.41) is 13.6. The number of carboxylic acids is 1. The van der Waals surface area contributed by atoms with Gasteiger partial charge in [0, 0.05) is 14.1 Å². The Kier molecular flexibility index (Phi) is 5.01. The van der Waals surface area contributed by atoms with Crippen LogP contribution in [0.2, 0.25) is 0 Å². The second-order valence-electron chi connectivity index (χ2n) is 4.29. The number of carbonyl (C=O) groups excluding carboxylic acids is 2. The average Bonchev–Trinajstić information content (AvgIpc) is 2.37. The van der Waals surface area contributed by atoms with Gasteiger partial charge in [-0.3, -0.25) is 4.79 Å². The Morgan fingerprint density at radius 1 is 1.30 bits per heavy atom. The van der Waals surface area contributed by atoms with E-state index in [9.17, 15) is 14.4 Å². The minimum atomic E-state index is -1.15. The van der Waals surface area contributed by atoms with Crippen LogP contribution < -0.4 is 10.6 Å². The largest absolute Gasteiger partial charge is 0.477 e. The fraction of sp³-hybridized carbons (Fsp3) is 0.333. The number of carboxylic acid groups (broad SMARTS) is 1. The van der Waals surface area contributed by atoms with E-state index >= 15 is 0 Å². The number of urea groups is 1. The number of aromatic carboxylic acids is 1. The van der Waals surface area contributed by atoms with Gasteiger partial charge in [0.1, 0.15) is 11.7 Å². The maximum atomic E-state index is 11.6. The first-order valence-electron chi connectivity index (χ1n) is 5.79. The van der Waals surface area contributed by atoms with Crippen LogP contribution in [0.5, 0.6) is 0 Å². The van der Waals surface area contributed by atoms with Gasteiger partial charge in [0.25, 0.3) is 0 Å². The minimum Gasteiger partial charge on any atom is -0.477 e. The van der Waals surface area contributed by atoms with Crippen molar-refractivity contribution < 1.29 is 19.5 Å². The quantitative estimate of drug-likeness (QED) is 0.738. The number of hydrogen-bond acceptors (Lipinski definition) is 4. The molecule has 0 saturated carbocycles. The molecule has 1 atom stereocenters. The molecule has 0 radical (unpaired) electrons. The number of nitrogens with one attached hydrogen (secondary N) is 2. The van der Waals surface area contributed by atoms with Crippen LogP contribution in [-0.2, 0) is 4.79 Å². The Morgan fingerprint density at radius 2 is 1.95 bits per heavy atom. The second kappa shape index (κ2) is 6.50. The first kappa shape index (κ1) is 15.4. The molecule has 0 aliphatic rings. The van der Waals surface area contributed by atoms with Crippen LogP contribution in [0.4, 0.5) is 10.5 Å². The zero-order valence-corrected chi connectivity index (χ0v) is 11.4. The Morgan fingerprint density at radius 3 is 2.40 bits per heavy atom. The Labute approximate surface area is 115 Å². The van der Waals surface area contributed by atoms with Crippen molar-refractivity contribution >= 4 is 23.6 Å². The third kappa shape index (κ3) is 4.23. The molecular weight excluding hydrogens is 264 g/mol. The summed E-state index contributed by atoms with van der Waals surface area (Å²) in [5.74, 6) is -1.38. The lowest BCUT2D eigenvalue weighted by Crippen LogP contribution is -2.45. The molecule has 1 rings (SSSR count). The number of pyridine rings is 1. The minimum absolute atomic E-state index is 0.118. The molecule has 0 bridgehead atoms. The van der Waals surface area contributed by atoms with Gasteiger partial charge < -0.3 is 20.6 Å². The van der Waals surface area contributed by atoms with Crippen LogP contribution in [0.15, 0.2) is 18.3 Å². The Hall–Kier alpha value is -2.64. The van der Waals surface area contributed by atoms with Gasteiger partial charge in [0.05, 0.1) is 11.9 Å². The van der Waals surface area contributed by atoms with Crippen LogP contribution in [-0.4, -0.2) is 53.0 Å². The zero-order valence-electron chi connectivity index (χ0n) is 11.4. The molecule has 0 saturated heterocycles. The van der Waals surface area contributed by atoms with E-state index in [0.29, 0.717) is 5.69 Å². The van der Waals surface area contributed by atoms with Gasteiger partial charge in [-0.2, -0.15) is 0 Å². The molecule has 1 heterocycles. The summed E-state index contributed by atoms with van der Waals surface area (Å²) in [6, 6.07) is 1.44. The molecule has 3 N–H and O–H groups in total. The molecular formula is C12H16N4O4. The Balaban J connectivity index is 2.58. The fourth-order valence-corrected chi connectivity index (χ4v) is 1.41. The highest BCUT2D eigenvalue weighted by Crippen LogP contribution is 2.06. The Bertz CT molecular complexity index is 513. The number of hydrogen-bond donors (Lipinski definition) is 3. The fourth-order valence-electron chi connectivity index (χ4n) is 1.41. The van der Waals surface area contributed by atoms with E-state index in [1.165, 1.54) is 23.2 Å². The molecule has 1 unspecified atom stereocenters. The monoisotopic (exact) mass is 280 g/mol. The SMILES string of the molecule is CC(NC(=O)Nc1ccc(C(=O)O)nc1)C(=O)N(C)C. The third-order valence-corrected chi connectivity index (χ3v) is 2.40. The number of amides is 3. The van der Waals surface area contributed by atoms with Gasteiger partial charge in [-0.15, -0.1) is 0 Å². The van der Waals surface area contributed by atoms with Gasteiger partial charge in [-0.25, -0.2) is 14.6 Å². The van der Waals surface area contributed by atoms with Gasteiger partial charge in [-0.1, -0.05) is 0 Å². The normalized spacial score (nSPS) is 11.3. The lowest BCUT2D eigenvalue weighted by Gasteiger charge is -2.18. The van der Waals surface area contributed by atoms with Gasteiger partial charge in [0.15, 0.2) is 0 Å². The molecule has 0 fully saturated rings. The van der Waals surface area contributed by atoms with Crippen molar-refractivity contribution in [3.05, 3.63) is 24.0 Å². The predicted octanol–water partition coefficient (Wildman–Crippen LogP) is 0.378. The van der Waals surface area contributed by atoms with Crippen molar-refractivity contribution in [2.24, 2.45) is 0 Å². The summed E-state index contributed by atoms with van der Waals surface area (Å²) in [6.07, 6.45) is 1.22. The molecule has 0 spiro atoms. The number of carbonyl (C=O) groups is 3. The van der Waals surface area contributed by atoms with Crippen molar-refractivity contribution in [3.8, 4) is 0 Å². The molecule has 1 aromatic heterocycles. The molecule has 0 aliphatic heterocycles. The van der Waals surface area contributed by atoms with E-state index in [0.717, 1.165) is 0 Å². The van der Waals surface area contributed by atoms with Crippen LogP contribution in [0.1, 0.15) is 17.4 Å². The molecule has 8 nitrogen and oxygen atoms in total. The lowest BCUT2D eigenvalue weighted by atomic mass is 10.3. The van der Waals surface area contributed by atoms with Gasteiger partial charge in [-0.05, 0) is 19.1 Å². The second-order valence-corrected chi connectivity index (χ2v) is 4.29. The number of aromatic nitrogens is 1. The van der Waals surface area contributed by atoms with Crippen molar-refractivity contribution in [3.63, 3.8) is 0 Å². The molecule has 20 heavy (non-hydrogen) atoms. The van der Waals surface area contributed by atoms with Crippen LogP contribution >= 0.6 is 0 Å². The van der Waals surface area contributed by atoms with Crippen LogP contribution in [0.25, 0.3) is 0 Å². The van der Waals surface area contributed by atoms with Crippen molar-refractivity contribution in [2.45, 2.75) is 13.0 Å². The predicted molar refractivity (Wildman–Crippen MR) is 71.5 cm³/mol. The van der Waals surface area contributed by atoms with Crippen LogP contribution in [0, 0.1) is 0 Å². The standard InChI is InChI=1S/C12H16N4O4/c1-7(10(17)16(2)3)14-12(20)15-8-4-5-9(11(18)19)13-6-8/h4-7H,1-3H3,(H,18,19)(H2,14,15,20). The molecule has 3 amide bonds. The van der Waals surface area contributed by atoms with E-state index in [1.807, 2.05) is 0 Å². The van der Waals surface area contributed by atoms with E-state index in [2.05, 4.69) is 15.6 Å². The van der Waals surface area contributed by atoms with E-state index in [4.69, 9.17) is 5.11 Å². The van der Waals surface area contributed by atoms with E-state index in [1.54, 1.807) is 21.0 Å². The van der Waals surface area contributed by atoms with Crippen molar-refractivity contribution in [1.82, 2.24) is 15.2 Å². The maximum Gasteiger partial charge on any atom is 0.354 e. The van der Waals surface area contributed by atoms with Gasteiger partial charge in [0.2, 0.25) is 5.91 Å². The number of rotatable bonds is 4. The summed E-state index contributed by atoms with van der Waals surface area (Å²) in [6.45, 7) is 1.56. The number of likely N-dealkylation sites (N-methyl/N-ethyl adjacent to an activating group) is 1.